The first-order valence-electron chi connectivity index (χ1n) is 20.2. The number of ether oxygens (including phenoxy) is 2. The zero-order valence-electron chi connectivity index (χ0n) is 33.8. The van der Waals surface area contributed by atoms with Crippen molar-refractivity contribution in [2.45, 2.75) is 92.0 Å². The molecule has 0 aliphatic carbocycles. The van der Waals surface area contributed by atoms with Gasteiger partial charge in [0.1, 0.15) is 51.8 Å². The molecule has 12 nitrogen and oxygen atoms in total. The Morgan fingerprint density at radius 3 is 1.40 bits per heavy atom. The predicted molar refractivity (Wildman–Crippen MR) is 218 cm³/mol. The summed E-state index contributed by atoms with van der Waals surface area (Å²) in [6, 6.07) is 31.0. The number of pyridine rings is 2. The lowest BCUT2D eigenvalue weighted by atomic mass is 10.0. The SMILES string of the molecule is CC(C)C[C@H](NC(=O)OCc1ccccc1)c1c[n+]2cn1Cc1cccc(n1)Cn1c[n+](cc1[C@H](CC(C)C)NC(=O)OCc1ccccc1)Cc1cccc(n1)C2. The summed E-state index contributed by atoms with van der Waals surface area (Å²) < 4.78 is 20.0. The number of imidazole rings is 2. The zero-order chi connectivity index (χ0) is 40.4. The maximum Gasteiger partial charge on any atom is 0.408 e. The van der Waals surface area contributed by atoms with Gasteiger partial charge in [0.2, 0.25) is 12.7 Å². The molecule has 4 aromatic heterocycles. The van der Waals surface area contributed by atoms with Gasteiger partial charge in [-0.05, 0) is 60.1 Å². The third-order valence-electron chi connectivity index (χ3n) is 10.1. The Morgan fingerprint density at radius 1 is 0.586 bits per heavy atom. The lowest BCUT2D eigenvalue weighted by Crippen LogP contribution is -2.35. The molecule has 5 heterocycles. The average Bonchev–Trinajstić information content (AvgIpc) is 3.78. The van der Waals surface area contributed by atoms with Crippen molar-refractivity contribution in [1.82, 2.24) is 29.7 Å². The molecule has 0 saturated carbocycles. The highest BCUT2D eigenvalue weighted by Gasteiger charge is 2.29. The van der Waals surface area contributed by atoms with E-state index in [1.54, 1.807) is 0 Å². The van der Waals surface area contributed by atoms with Crippen LogP contribution in [0.4, 0.5) is 9.59 Å². The first kappa shape index (κ1) is 39.9. The lowest BCUT2D eigenvalue weighted by molar-refractivity contribution is -0.690. The maximum absolute atomic E-state index is 13.3. The molecule has 0 unspecified atom stereocenters. The molecule has 0 fully saturated rings. The van der Waals surface area contributed by atoms with E-state index in [0.717, 1.165) is 45.3 Å². The smallest absolute Gasteiger partial charge is 0.408 e. The number of hydrogen-bond acceptors (Lipinski definition) is 6. The molecule has 12 heteroatoms. The number of nitrogens with zero attached hydrogens (tertiary/aromatic N) is 6. The van der Waals surface area contributed by atoms with E-state index >= 15 is 0 Å². The second kappa shape index (κ2) is 18.8. The Balaban J connectivity index is 1.19. The Labute approximate surface area is 340 Å². The number of nitrogens with one attached hydrogen (secondary N) is 2. The Bertz CT molecular complexity index is 2130. The Morgan fingerprint density at radius 2 is 0.983 bits per heavy atom. The molecular formula is C46H54N8O4+2. The van der Waals surface area contributed by atoms with Crippen LogP contribution in [0.5, 0.6) is 0 Å². The average molecular weight is 783 g/mol. The van der Waals surface area contributed by atoms with E-state index < -0.39 is 12.2 Å². The first-order valence-corrected chi connectivity index (χ1v) is 20.2. The molecule has 1 aliphatic heterocycles. The van der Waals surface area contributed by atoms with Crippen molar-refractivity contribution in [3.63, 3.8) is 0 Å². The molecule has 0 radical (unpaired) electrons. The fraction of sp³-hybridized carbons (Fsp3) is 0.348. The number of rotatable bonds is 12. The van der Waals surface area contributed by atoms with Crippen molar-refractivity contribution in [2.24, 2.45) is 11.8 Å². The number of aromatic nitrogens is 6. The molecule has 7 rings (SSSR count). The highest BCUT2D eigenvalue weighted by Crippen LogP contribution is 2.24. The minimum absolute atomic E-state index is 0.191. The fourth-order valence-electron chi connectivity index (χ4n) is 7.46. The van der Waals surface area contributed by atoms with Crippen molar-refractivity contribution in [3.05, 3.63) is 167 Å². The van der Waals surface area contributed by atoms with Crippen LogP contribution in [0.1, 0.15) is 97.9 Å². The van der Waals surface area contributed by atoms with Crippen molar-refractivity contribution < 1.29 is 28.2 Å². The number of alkyl carbamates (subject to hydrolysis) is 2. The van der Waals surface area contributed by atoms with Crippen molar-refractivity contribution in [2.75, 3.05) is 0 Å². The molecule has 58 heavy (non-hydrogen) atoms. The van der Waals surface area contributed by atoms with E-state index in [4.69, 9.17) is 19.4 Å². The minimum atomic E-state index is -0.462. The molecule has 2 aromatic carbocycles. The summed E-state index contributed by atoms with van der Waals surface area (Å²) in [5.74, 6) is 0.602. The van der Waals surface area contributed by atoms with E-state index in [9.17, 15) is 9.59 Å². The monoisotopic (exact) mass is 782 g/mol. The summed E-state index contributed by atoms with van der Waals surface area (Å²) in [6.07, 6.45) is 8.88. The fourth-order valence-corrected chi connectivity index (χ4v) is 7.46. The van der Waals surface area contributed by atoms with Gasteiger partial charge in [-0.3, -0.25) is 0 Å². The van der Waals surface area contributed by atoms with Crippen LogP contribution in [-0.2, 0) is 48.9 Å². The van der Waals surface area contributed by atoms with Crippen LogP contribution in [0.25, 0.3) is 0 Å². The van der Waals surface area contributed by atoms with Crippen LogP contribution < -0.4 is 19.8 Å². The van der Waals surface area contributed by atoms with E-state index in [1.165, 1.54) is 0 Å². The molecule has 1 aliphatic rings. The Hall–Kier alpha value is -6.30. The maximum atomic E-state index is 13.3. The molecule has 2 amide bonds. The summed E-state index contributed by atoms with van der Waals surface area (Å²) in [6.45, 7) is 11.0. The summed E-state index contributed by atoms with van der Waals surface area (Å²) in [5.41, 5.74) is 7.35. The molecule has 6 aromatic rings. The van der Waals surface area contributed by atoms with Crippen LogP contribution in [0.15, 0.2) is 122 Å². The predicted octanol–water partition coefficient (Wildman–Crippen LogP) is 7.19. The minimum Gasteiger partial charge on any atom is -0.445 e. The molecule has 0 saturated heterocycles. The summed E-state index contributed by atoms with van der Waals surface area (Å²) in [7, 11) is 0. The van der Waals surface area contributed by atoms with Gasteiger partial charge in [-0.1, -0.05) is 100 Å². The van der Waals surface area contributed by atoms with Gasteiger partial charge in [-0.25, -0.2) is 37.8 Å². The normalized spacial score (nSPS) is 13.5. The van der Waals surface area contributed by atoms with Gasteiger partial charge < -0.3 is 20.1 Å². The molecule has 300 valence electrons. The van der Waals surface area contributed by atoms with E-state index in [-0.39, 0.29) is 25.3 Å². The molecule has 2 atom stereocenters. The highest BCUT2D eigenvalue weighted by molar-refractivity contribution is 5.68. The van der Waals surface area contributed by atoms with Crippen LogP contribution >= 0.6 is 0 Å². The summed E-state index contributed by atoms with van der Waals surface area (Å²) in [4.78, 5) is 36.8. The number of fused-ring (bicyclic) bond motifs is 8. The quantitative estimate of drug-likeness (QED) is 0.127. The van der Waals surface area contributed by atoms with Crippen molar-refractivity contribution in [1.29, 1.82) is 0 Å². The van der Waals surface area contributed by atoms with Gasteiger partial charge in [0, 0.05) is 0 Å². The van der Waals surface area contributed by atoms with Crippen LogP contribution in [0, 0.1) is 11.8 Å². The molecule has 8 bridgehead atoms. The first-order chi connectivity index (χ1) is 28.1. The van der Waals surface area contributed by atoms with E-state index in [0.29, 0.717) is 50.9 Å². The van der Waals surface area contributed by atoms with Gasteiger partial charge in [0.25, 0.3) is 0 Å². The van der Waals surface area contributed by atoms with Gasteiger partial charge in [0.15, 0.2) is 11.4 Å². The van der Waals surface area contributed by atoms with Crippen LogP contribution in [0.3, 0.4) is 0 Å². The molecule has 0 spiro atoms. The van der Waals surface area contributed by atoms with E-state index in [2.05, 4.69) is 81.6 Å². The number of benzene rings is 2. The topological polar surface area (TPSA) is 120 Å². The number of amides is 2. The van der Waals surface area contributed by atoms with Gasteiger partial charge in [0.05, 0.1) is 34.9 Å². The highest BCUT2D eigenvalue weighted by atomic mass is 16.6. The summed E-state index contributed by atoms with van der Waals surface area (Å²) in [5, 5.41) is 6.36. The third kappa shape index (κ3) is 11.0. The Kier molecular flexibility index (Phi) is 12.9. The molecular weight excluding hydrogens is 729 g/mol. The van der Waals surface area contributed by atoms with Crippen molar-refractivity contribution in [3.8, 4) is 0 Å². The van der Waals surface area contributed by atoms with Gasteiger partial charge in [-0.15, -0.1) is 0 Å². The lowest BCUT2D eigenvalue weighted by Gasteiger charge is -2.19. The van der Waals surface area contributed by atoms with E-state index in [1.807, 2.05) is 97.1 Å². The number of hydrogen-bond donors (Lipinski definition) is 2. The molecule has 2 N–H and O–H groups in total. The third-order valence-corrected chi connectivity index (χ3v) is 10.1. The second-order valence-electron chi connectivity index (χ2n) is 16.0. The largest absolute Gasteiger partial charge is 0.445 e. The van der Waals surface area contributed by atoms with Gasteiger partial charge >= 0.3 is 12.2 Å². The van der Waals surface area contributed by atoms with Crippen LogP contribution in [0.2, 0.25) is 0 Å². The summed E-state index contributed by atoms with van der Waals surface area (Å²) >= 11 is 0. The number of carbonyl (C=O) groups is 2. The van der Waals surface area contributed by atoms with Gasteiger partial charge in [-0.2, -0.15) is 0 Å². The standard InChI is InChI=1S/C46H52N8O4/c1-33(2)21-41(49-45(55)57-29-35-13-7-5-8-14-35)43-27-51-23-37-17-11-18-38(47-37)24-52-28-44(54(32-52)26-40-20-12-19-39(48-40)25-53(43)31-51)42(22-34(3)4)50-46(56)58-30-36-15-9-6-10-16-36/h5-20,27-28,31-34,41-42H,21-26,29-30H2,1-4H3/p+2/t41-,42-/m0/s1. The zero-order valence-corrected chi connectivity index (χ0v) is 33.8. The van der Waals surface area contributed by atoms with Crippen LogP contribution in [-0.4, -0.2) is 31.3 Å². The van der Waals surface area contributed by atoms with Crippen molar-refractivity contribution >= 4 is 12.2 Å². The second-order valence-corrected chi connectivity index (χ2v) is 16.0. The number of carbonyl (C=O) groups excluding carboxylic acids is 2.